The molecule has 90 valence electrons. The molecule has 1 N–H and O–H groups in total. The molecule has 0 saturated heterocycles. The van der Waals surface area contributed by atoms with Crippen molar-refractivity contribution >= 4 is 0 Å². The number of nitrogens with zero attached hydrogens (tertiary/aromatic N) is 1. The number of aromatic nitrogens is 1. The van der Waals surface area contributed by atoms with Gasteiger partial charge in [0.1, 0.15) is 0 Å². The Bertz CT molecular complexity index is 282. The Hall–Kier alpha value is -0.890. The van der Waals surface area contributed by atoms with Crippen LogP contribution in [0.1, 0.15) is 45.6 Å². The highest BCUT2D eigenvalue weighted by Gasteiger charge is 2.21. The van der Waals surface area contributed by atoms with Gasteiger partial charge in [-0.15, -0.1) is 0 Å². The lowest BCUT2D eigenvalue weighted by Crippen LogP contribution is -2.38. The van der Waals surface area contributed by atoms with Crippen molar-refractivity contribution < 1.29 is 0 Å². The van der Waals surface area contributed by atoms with E-state index >= 15 is 0 Å². The zero-order valence-corrected chi connectivity index (χ0v) is 10.9. The van der Waals surface area contributed by atoms with Gasteiger partial charge in [0.25, 0.3) is 0 Å². The molecule has 0 aliphatic heterocycles. The van der Waals surface area contributed by atoms with E-state index in [-0.39, 0.29) is 0 Å². The minimum Gasteiger partial charge on any atom is -0.313 e. The molecular weight excluding hydrogens is 196 g/mol. The summed E-state index contributed by atoms with van der Waals surface area (Å²) in [5, 5.41) is 3.65. The predicted molar refractivity (Wildman–Crippen MR) is 69.6 cm³/mol. The first-order valence-corrected chi connectivity index (χ1v) is 6.30. The molecule has 1 aromatic heterocycles. The van der Waals surface area contributed by atoms with Gasteiger partial charge in [-0.3, -0.25) is 4.98 Å². The second-order valence-corrected chi connectivity index (χ2v) is 4.79. The standard InChI is InChI=1S/C14H24N2/c1-5-8-16-14(11(2)3)12(4)13-6-9-15-10-7-13/h6-7,9-12,14,16H,5,8H2,1-4H3. The number of hydrogen-bond donors (Lipinski definition) is 1. The van der Waals surface area contributed by atoms with E-state index in [0.717, 1.165) is 6.54 Å². The van der Waals surface area contributed by atoms with Crippen LogP contribution in [-0.2, 0) is 0 Å². The van der Waals surface area contributed by atoms with Gasteiger partial charge in [-0.25, -0.2) is 0 Å². The lowest BCUT2D eigenvalue weighted by atomic mass is 9.87. The van der Waals surface area contributed by atoms with E-state index in [9.17, 15) is 0 Å². The minimum atomic E-state index is 0.537. The SMILES string of the molecule is CCCNC(C(C)C)C(C)c1ccncc1. The van der Waals surface area contributed by atoms with Crippen LogP contribution in [0.3, 0.4) is 0 Å². The van der Waals surface area contributed by atoms with Crippen molar-refractivity contribution in [3.05, 3.63) is 30.1 Å². The van der Waals surface area contributed by atoms with Crippen LogP contribution >= 0.6 is 0 Å². The third kappa shape index (κ3) is 3.60. The lowest BCUT2D eigenvalue weighted by molar-refractivity contribution is 0.354. The predicted octanol–water partition coefficient (Wildman–Crippen LogP) is 3.21. The van der Waals surface area contributed by atoms with Crippen LogP contribution in [0.4, 0.5) is 0 Å². The van der Waals surface area contributed by atoms with E-state index in [0.29, 0.717) is 17.9 Å². The molecule has 2 nitrogen and oxygen atoms in total. The van der Waals surface area contributed by atoms with Crippen molar-refractivity contribution in [3.63, 3.8) is 0 Å². The van der Waals surface area contributed by atoms with Gasteiger partial charge in [0.15, 0.2) is 0 Å². The number of hydrogen-bond acceptors (Lipinski definition) is 2. The van der Waals surface area contributed by atoms with Gasteiger partial charge in [-0.1, -0.05) is 27.7 Å². The van der Waals surface area contributed by atoms with Gasteiger partial charge >= 0.3 is 0 Å². The van der Waals surface area contributed by atoms with Crippen LogP contribution in [0.5, 0.6) is 0 Å². The van der Waals surface area contributed by atoms with Crippen molar-refractivity contribution in [2.24, 2.45) is 5.92 Å². The molecule has 16 heavy (non-hydrogen) atoms. The molecule has 0 fully saturated rings. The average molecular weight is 220 g/mol. The van der Waals surface area contributed by atoms with E-state index in [4.69, 9.17) is 0 Å². The van der Waals surface area contributed by atoms with Crippen molar-refractivity contribution in [2.45, 2.75) is 46.1 Å². The largest absolute Gasteiger partial charge is 0.313 e. The smallest absolute Gasteiger partial charge is 0.0270 e. The molecule has 0 aliphatic carbocycles. The average Bonchev–Trinajstić information content (AvgIpc) is 2.30. The first kappa shape index (κ1) is 13.2. The monoisotopic (exact) mass is 220 g/mol. The fourth-order valence-corrected chi connectivity index (χ4v) is 2.18. The molecule has 1 rings (SSSR count). The van der Waals surface area contributed by atoms with Gasteiger partial charge in [0.05, 0.1) is 0 Å². The molecule has 1 heterocycles. The Balaban J connectivity index is 2.71. The quantitative estimate of drug-likeness (QED) is 0.796. The van der Waals surface area contributed by atoms with Crippen LogP contribution in [0.25, 0.3) is 0 Å². The minimum absolute atomic E-state index is 0.537. The second kappa shape index (κ2) is 6.64. The molecule has 0 amide bonds. The fraction of sp³-hybridized carbons (Fsp3) is 0.643. The summed E-state index contributed by atoms with van der Waals surface area (Å²) in [5.41, 5.74) is 1.37. The van der Waals surface area contributed by atoms with Crippen LogP contribution in [0.15, 0.2) is 24.5 Å². The Morgan fingerprint density at radius 3 is 2.31 bits per heavy atom. The zero-order valence-electron chi connectivity index (χ0n) is 10.9. The van der Waals surface area contributed by atoms with Crippen LogP contribution in [0, 0.1) is 5.92 Å². The maximum Gasteiger partial charge on any atom is 0.0270 e. The van der Waals surface area contributed by atoms with Crippen LogP contribution < -0.4 is 5.32 Å². The lowest BCUT2D eigenvalue weighted by Gasteiger charge is -2.29. The van der Waals surface area contributed by atoms with Gasteiger partial charge in [-0.2, -0.15) is 0 Å². The number of rotatable bonds is 6. The molecule has 0 saturated carbocycles. The van der Waals surface area contributed by atoms with E-state index in [1.807, 2.05) is 12.4 Å². The maximum atomic E-state index is 4.07. The normalized spacial score (nSPS) is 15.1. The third-order valence-electron chi connectivity index (χ3n) is 3.12. The summed E-state index contributed by atoms with van der Waals surface area (Å²) in [6.45, 7) is 10.2. The molecule has 2 unspecified atom stereocenters. The van der Waals surface area contributed by atoms with Gasteiger partial charge in [0, 0.05) is 18.4 Å². The molecule has 0 spiro atoms. The topological polar surface area (TPSA) is 24.9 Å². The molecule has 0 radical (unpaired) electrons. The van der Waals surface area contributed by atoms with E-state index in [2.05, 4.69) is 50.1 Å². The highest BCUT2D eigenvalue weighted by molar-refractivity contribution is 5.17. The zero-order chi connectivity index (χ0) is 12.0. The van der Waals surface area contributed by atoms with Gasteiger partial charge in [-0.05, 0) is 42.5 Å². The van der Waals surface area contributed by atoms with E-state index < -0.39 is 0 Å². The number of nitrogens with one attached hydrogen (secondary N) is 1. The van der Waals surface area contributed by atoms with Crippen LogP contribution in [-0.4, -0.2) is 17.6 Å². The van der Waals surface area contributed by atoms with Crippen molar-refractivity contribution in [2.75, 3.05) is 6.54 Å². The summed E-state index contributed by atoms with van der Waals surface area (Å²) in [5.74, 6) is 1.18. The van der Waals surface area contributed by atoms with Gasteiger partial charge in [0.2, 0.25) is 0 Å². The summed E-state index contributed by atoms with van der Waals surface area (Å²) < 4.78 is 0. The molecule has 2 atom stereocenters. The summed E-state index contributed by atoms with van der Waals surface area (Å²) in [6.07, 6.45) is 4.94. The van der Waals surface area contributed by atoms with Gasteiger partial charge < -0.3 is 5.32 Å². The molecule has 1 aromatic rings. The fourth-order valence-electron chi connectivity index (χ4n) is 2.18. The highest BCUT2D eigenvalue weighted by atomic mass is 14.9. The third-order valence-corrected chi connectivity index (χ3v) is 3.12. The molecule has 0 aliphatic rings. The molecular formula is C14H24N2. The highest BCUT2D eigenvalue weighted by Crippen LogP contribution is 2.23. The van der Waals surface area contributed by atoms with E-state index in [1.54, 1.807) is 0 Å². The number of pyridine rings is 1. The Morgan fingerprint density at radius 2 is 1.81 bits per heavy atom. The molecule has 2 heteroatoms. The Labute approximate surface area is 99.5 Å². The summed E-state index contributed by atoms with van der Waals surface area (Å²) in [4.78, 5) is 4.07. The second-order valence-electron chi connectivity index (χ2n) is 4.79. The first-order valence-electron chi connectivity index (χ1n) is 6.30. The van der Waals surface area contributed by atoms with E-state index in [1.165, 1.54) is 12.0 Å². The van der Waals surface area contributed by atoms with Crippen molar-refractivity contribution in [3.8, 4) is 0 Å². The Morgan fingerprint density at radius 1 is 1.19 bits per heavy atom. The summed E-state index contributed by atoms with van der Waals surface area (Å²) in [6, 6.07) is 4.78. The Kier molecular flexibility index (Phi) is 5.47. The summed E-state index contributed by atoms with van der Waals surface area (Å²) >= 11 is 0. The maximum absolute atomic E-state index is 4.07. The van der Waals surface area contributed by atoms with Crippen molar-refractivity contribution in [1.82, 2.24) is 10.3 Å². The first-order chi connectivity index (χ1) is 7.66. The van der Waals surface area contributed by atoms with Crippen molar-refractivity contribution in [1.29, 1.82) is 0 Å². The summed E-state index contributed by atoms with van der Waals surface area (Å²) in [7, 11) is 0. The van der Waals surface area contributed by atoms with Crippen LogP contribution in [0.2, 0.25) is 0 Å². The molecule has 0 aromatic carbocycles. The molecule has 0 bridgehead atoms.